The number of hydrogen-bond donors (Lipinski definition) is 1. The van der Waals surface area contributed by atoms with Gasteiger partial charge in [-0.2, -0.15) is 0 Å². The zero-order valence-electron chi connectivity index (χ0n) is 14.3. The molecule has 27 heavy (non-hydrogen) atoms. The van der Waals surface area contributed by atoms with E-state index in [1.54, 1.807) is 24.3 Å². The van der Waals surface area contributed by atoms with Crippen LogP contribution in [-0.4, -0.2) is 5.91 Å². The fraction of sp³-hybridized carbons (Fsp3) is 0.0455. The van der Waals surface area contributed by atoms with E-state index >= 15 is 0 Å². The van der Waals surface area contributed by atoms with Crippen LogP contribution in [0.3, 0.4) is 0 Å². The second-order valence-electron chi connectivity index (χ2n) is 6.08. The maximum absolute atomic E-state index is 12.4. The summed E-state index contributed by atoms with van der Waals surface area (Å²) in [5.74, 6) is 0.657. The number of amides is 1. The molecular weight excluding hydrogens is 378 g/mol. The highest BCUT2D eigenvalue weighted by molar-refractivity contribution is 7.12. The van der Waals surface area contributed by atoms with Crippen LogP contribution in [0.1, 0.15) is 15.2 Å². The molecule has 5 heteroatoms. The third kappa shape index (κ3) is 4.30. The van der Waals surface area contributed by atoms with Gasteiger partial charge in [0.05, 0.1) is 4.88 Å². The first-order valence-electron chi connectivity index (χ1n) is 8.43. The van der Waals surface area contributed by atoms with Gasteiger partial charge in [0.25, 0.3) is 5.91 Å². The molecular formula is C22H16ClNO2S. The van der Waals surface area contributed by atoms with Gasteiger partial charge in [-0.1, -0.05) is 48.0 Å². The van der Waals surface area contributed by atoms with Crippen molar-refractivity contribution in [1.82, 2.24) is 0 Å². The molecule has 0 radical (unpaired) electrons. The first kappa shape index (κ1) is 17.6. The monoisotopic (exact) mass is 393 g/mol. The first-order valence-corrected chi connectivity index (χ1v) is 9.69. The number of nitrogens with one attached hydrogen (secondary N) is 1. The normalized spacial score (nSPS) is 10.7. The first-order chi connectivity index (χ1) is 13.2. The van der Waals surface area contributed by atoms with Gasteiger partial charge in [-0.15, -0.1) is 11.3 Å². The van der Waals surface area contributed by atoms with E-state index in [4.69, 9.17) is 16.3 Å². The van der Waals surface area contributed by atoms with Gasteiger partial charge >= 0.3 is 0 Å². The van der Waals surface area contributed by atoms with Crippen molar-refractivity contribution in [3.63, 3.8) is 0 Å². The summed E-state index contributed by atoms with van der Waals surface area (Å²) >= 11 is 7.34. The molecule has 0 saturated carbocycles. The Morgan fingerprint density at radius 2 is 1.81 bits per heavy atom. The third-order valence-electron chi connectivity index (χ3n) is 4.09. The average molecular weight is 394 g/mol. The maximum Gasteiger partial charge on any atom is 0.265 e. The van der Waals surface area contributed by atoms with Crippen LogP contribution in [0, 0.1) is 0 Å². The lowest BCUT2D eigenvalue weighted by Gasteiger charge is -2.06. The van der Waals surface area contributed by atoms with Crippen LogP contribution in [0.15, 0.2) is 78.2 Å². The van der Waals surface area contributed by atoms with Gasteiger partial charge in [0.15, 0.2) is 0 Å². The summed E-state index contributed by atoms with van der Waals surface area (Å²) in [5, 5.41) is 7.70. The lowest BCUT2D eigenvalue weighted by molar-refractivity contribution is 0.103. The molecule has 0 aliphatic heterocycles. The maximum atomic E-state index is 12.4. The van der Waals surface area contributed by atoms with Crippen LogP contribution in [0.5, 0.6) is 5.75 Å². The molecule has 1 heterocycles. The Kier molecular flexibility index (Phi) is 5.10. The smallest absolute Gasteiger partial charge is 0.265 e. The summed E-state index contributed by atoms with van der Waals surface area (Å²) in [5.41, 5.74) is 1.64. The number of benzene rings is 3. The van der Waals surface area contributed by atoms with Crippen molar-refractivity contribution >= 4 is 45.3 Å². The summed E-state index contributed by atoms with van der Waals surface area (Å²) < 4.78 is 5.88. The second kappa shape index (κ2) is 7.82. The predicted octanol–water partition coefficient (Wildman–Crippen LogP) is 6.39. The molecule has 3 aromatic carbocycles. The van der Waals surface area contributed by atoms with Crippen molar-refractivity contribution in [2.75, 3.05) is 5.32 Å². The average Bonchev–Trinajstić information content (AvgIpc) is 3.15. The quantitative estimate of drug-likeness (QED) is 0.426. The van der Waals surface area contributed by atoms with Gasteiger partial charge < -0.3 is 10.1 Å². The topological polar surface area (TPSA) is 38.3 Å². The molecule has 1 amide bonds. The van der Waals surface area contributed by atoms with Crippen molar-refractivity contribution in [2.24, 2.45) is 0 Å². The van der Waals surface area contributed by atoms with E-state index in [1.165, 1.54) is 16.7 Å². The lowest BCUT2D eigenvalue weighted by Crippen LogP contribution is -2.10. The molecule has 0 aliphatic rings. The van der Waals surface area contributed by atoms with E-state index in [9.17, 15) is 4.79 Å². The minimum absolute atomic E-state index is 0.153. The highest BCUT2D eigenvalue weighted by Crippen LogP contribution is 2.23. The third-order valence-corrected chi connectivity index (χ3v) is 5.30. The van der Waals surface area contributed by atoms with Crippen LogP contribution in [0.2, 0.25) is 5.02 Å². The van der Waals surface area contributed by atoms with Gasteiger partial charge in [-0.3, -0.25) is 4.79 Å². The Hall–Kier alpha value is -2.82. The Labute approximate surface area is 166 Å². The Morgan fingerprint density at radius 3 is 2.67 bits per heavy atom. The van der Waals surface area contributed by atoms with Crippen LogP contribution < -0.4 is 10.1 Å². The van der Waals surface area contributed by atoms with Gasteiger partial charge in [-0.05, 0) is 52.6 Å². The number of hydrogen-bond acceptors (Lipinski definition) is 3. The molecule has 0 fully saturated rings. The van der Waals surface area contributed by atoms with Crippen molar-refractivity contribution in [3.05, 3.63) is 93.6 Å². The van der Waals surface area contributed by atoms with E-state index in [0.29, 0.717) is 22.2 Å². The Morgan fingerprint density at radius 1 is 0.963 bits per heavy atom. The van der Waals surface area contributed by atoms with E-state index in [-0.39, 0.29) is 5.91 Å². The highest BCUT2D eigenvalue weighted by Gasteiger charge is 2.10. The zero-order valence-corrected chi connectivity index (χ0v) is 15.9. The second-order valence-corrected chi connectivity index (χ2v) is 7.43. The summed E-state index contributed by atoms with van der Waals surface area (Å²) in [6.45, 7) is 0.416. The summed E-state index contributed by atoms with van der Waals surface area (Å²) in [6.07, 6.45) is 0. The van der Waals surface area contributed by atoms with Crippen molar-refractivity contribution in [2.45, 2.75) is 6.61 Å². The number of thiophene rings is 1. The number of halogens is 1. The van der Waals surface area contributed by atoms with Gasteiger partial charge in [-0.25, -0.2) is 0 Å². The molecule has 1 N–H and O–H groups in total. The molecule has 4 rings (SSSR count). The molecule has 0 atom stereocenters. The van der Waals surface area contributed by atoms with Crippen LogP contribution in [-0.2, 0) is 6.61 Å². The van der Waals surface area contributed by atoms with Gasteiger partial charge in [0.1, 0.15) is 12.4 Å². The Balaban J connectivity index is 1.40. The summed E-state index contributed by atoms with van der Waals surface area (Å²) in [4.78, 5) is 13.0. The largest absolute Gasteiger partial charge is 0.489 e. The fourth-order valence-electron chi connectivity index (χ4n) is 2.75. The molecule has 0 unspecified atom stereocenters. The fourth-order valence-corrected chi connectivity index (χ4v) is 3.74. The number of carbonyl (C=O) groups excluding carboxylic acids is 1. The number of carbonyl (C=O) groups is 1. The molecule has 3 nitrogen and oxygen atoms in total. The molecule has 0 bridgehead atoms. The molecule has 4 aromatic rings. The van der Waals surface area contributed by atoms with E-state index in [0.717, 1.165) is 16.7 Å². The number of rotatable bonds is 5. The minimum atomic E-state index is -0.153. The van der Waals surface area contributed by atoms with E-state index in [1.807, 2.05) is 41.8 Å². The number of anilines is 1. The van der Waals surface area contributed by atoms with Crippen molar-refractivity contribution < 1.29 is 9.53 Å². The summed E-state index contributed by atoms with van der Waals surface area (Å²) in [6, 6.07) is 23.1. The Bertz CT molecular complexity index is 1110. The summed E-state index contributed by atoms with van der Waals surface area (Å²) in [7, 11) is 0. The van der Waals surface area contributed by atoms with Crippen molar-refractivity contribution in [1.29, 1.82) is 0 Å². The van der Waals surface area contributed by atoms with Crippen LogP contribution in [0.4, 0.5) is 5.69 Å². The lowest BCUT2D eigenvalue weighted by atomic mass is 10.1. The SMILES string of the molecule is O=C(Nc1cccc(Cl)c1)c1cc(COc2ccc3ccccc3c2)cs1. The van der Waals surface area contributed by atoms with Crippen molar-refractivity contribution in [3.8, 4) is 5.75 Å². The molecule has 0 aliphatic carbocycles. The van der Waals surface area contributed by atoms with E-state index < -0.39 is 0 Å². The van der Waals surface area contributed by atoms with Crippen LogP contribution >= 0.6 is 22.9 Å². The van der Waals surface area contributed by atoms with Gasteiger partial charge in [0.2, 0.25) is 0 Å². The minimum Gasteiger partial charge on any atom is -0.489 e. The molecule has 0 saturated heterocycles. The standard InChI is InChI=1S/C22H16ClNO2S/c23-18-6-3-7-19(12-18)24-22(25)21-10-15(14-27-21)13-26-20-9-8-16-4-1-2-5-17(16)11-20/h1-12,14H,13H2,(H,24,25). The van der Waals surface area contributed by atoms with Gasteiger partial charge in [0, 0.05) is 16.3 Å². The highest BCUT2D eigenvalue weighted by atomic mass is 35.5. The number of fused-ring (bicyclic) bond motifs is 1. The van der Waals surface area contributed by atoms with E-state index in [2.05, 4.69) is 17.4 Å². The predicted molar refractivity (Wildman–Crippen MR) is 112 cm³/mol. The molecule has 1 aromatic heterocycles. The number of ether oxygens (including phenoxy) is 1. The molecule has 0 spiro atoms. The zero-order chi connectivity index (χ0) is 18.6. The van der Waals surface area contributed by atoms with Crippen LogP contribution in [0.25, 0.3) is 10.8 Å². The molecule has 134 valence electrons.